The van der Waals surface area contributed by atoms with Crippen molar-refractivity contribution in [3.05, 3.63) is 12.2 Å². The van der Waals surface area contributed by atoms with Crippen LogP contribution in [0.1, 0.15) is 45.4 Å². The summed E-state index contributed by atoms with van der Waals surface area (Å²) in [7, 11) is 0. The van der Waals surface area contributed by atoms with Gasteiger partial charge in [0.15, 0.2) is 0 Å². The molecule has 2 unspecified atom stereocenters. The van der Waals surface area contributed by atoms with E-state index in [1.165, 1.54) is 32.1 Å². The van der Waals surface area contributed by atoms with Crippen molar-refractivity contribution in [2.45, 2.75) is 45.4 Å². The van der Waals surface area contributed by atoms with Crippen molar-refractivity contribution in [3.63, 3.8) is 0 Å². The van der Waals surface area contributed by atoms with Crippen molar-refractivity contribution in [1.29, 1.82) is 0 Å². The molecule has 0 aromatic rings. The number of hydrogen-bond donors (Lipinski definition) is 1. The fraction of sp³-hybridized carbons (Fsp3) is 0.833. The highest BCUT2D eigenvalue weighted by Gasteiger charge is 2.11. The highest BCUT2D eigenvalue weighted by Crippen LogP contribution is 2.25. The monoisotopic (exact) mass is 182 g/mol. The first kappa shape index (κ1) is 10.8. The van der Waals surface area contributed by atoms with E-state index in [9.17, 15) is 0 Å². The van der Waals surface area contributed by atoms with Gasteiger partial charge in [-0.2, -0.15) is 0 Å². The molecule has 0 radical (unpaired) electrons. The van der Waals surface area contributed by atoms with Gasteiger partial charge >= 0.3 is 0 Å². The van der Waals surface area contributed by atoms with Crippen LogP contribution in [0.4, 0.5) is 0 Å². The maximum Gasteiger partial charge on any atom is 0.0431 e. The van der Waals surface area contributed by atoms with Gasteiger partial charge in [0.1, 0.15) is 0 Å². The van der Waals surface area contributed by atoms with Gasteiger partial charge in [-0.25, -0.2) is 0 Å². The minimum Gasteiger partial charge on any atom is -0.396 e. The fourth-order valence-corrected chi connectivity index (χ4v) is 1.95. The lowest BCUT2D eigenvalue weighted by molar-refractivity contribution is 0.280. The third-order valence-corrected chi connectivity index (χ3v) is 2.94. The van der Waals surface area contributed by atoms with E-state index in [-0.39, 0.29) is 0 Å². The van der Waals surface area contributed by atoms with Crippen LogP contribution in [0.5, 0.6) is 0 Å². The molecule has 1 heteroatoms. The summed E-state index contributed by atoms with van der Waals surface area (Å²) in [6.45, 7) is 2.65. The maximum absolute atomic E-state index is 8.62. The van der Waals surface area contributed by atoms with Crippen molar-refractivity contribution in [2.75, 3.05) is 6.61 Å². The molecular formula is C12H22O. The summed E-state index contributed by atoms with van der Waals surface area (Å²) >= 11 is 0. The highest BCUT2D eigenvalue weighted by molar-refractivity contribution is 4.96. The van der Waals surface area contributed by atoms with Crippen LogP contribution < -0.4 is 0 Å². The zero-order valence-electron chi connectivity index (χ0n) is 8.71. The Morgan fingerprint density at radius 3 is 2.62 bits per heavy atom. The topological polar surface area (TPSA) is 20.2 Å². The Morgan fingerprint density at radius 2 is 2.00 bits per heavy atom. The van der Waals surface area contributed by atoms with E-state index in [2.05, 4.69) is 19.1 Å². The standard InChI is InChI=1S/C12H22O/c1-11-6-8-12(9-7-11)5-3-2-4-10-13/h6,8,11-13H,2-5,7,9-10H2,1H3. The lowest BCUT2D eigenvalue weighted by Crippen LogP contribution is -2.06. The molecule has 0 saturated heterocycles. The first-order chi connectivity index (χ1) is 6.33. The molecule has 0 bridgehead atoms. The smallest absolute Gasteiger partial charge is 0.0431 e. The van der Waals surface area contributed by atoms with Gasteiger partial charge in [0.25, 0.3) is 0 Å². The Balaban J connectivity index is 2.05. The molecule has 0 amide bonds. The highest BCUT2D eigenvalue weighted by atomic mass is 16.2. The Bertz CT molecular complexity index is 151. The zero-order valence-corrected chi connectivity index (χ0v) is 8.71. The second-order valence-corrected chi connectivity index (χ2v) is 4.27. The number of allylic oxidation sites excluding steroid dienone is 2. The maximum atomic E-state index is 8.62. The van der Waals surface area contributed by atoms with Gasteiger partial charge in [-0.1, -0.05) is 31.9 Å². The minimum atomic E-state index is 0.359. The first-order valence-corrected chi connectivity index (χ1v) is 5.62. The third kappa shape index (κ3) is 4.47. The molecule has 0 aromatic heterocycles. The van der Waals surface area contributed by atoms with Gasteiger partial charge in [-0.3, -0.25) is 0 Å². The van der Waals surface area contributed by atoms with Crippen LogP contribution in [0.25, 0.3) is 0 Å². The molecule has 0 spiro atoms. The van der Waals surface area contributed by atoms with Crippen LogP contribution in [0, 0.1) is 11.8 Å². The van der Waals surface area contributed by atoms with Gasteiger partial charge in [0.2, 0.25) is 0 Å². The predicted octanol–water partition coefficient (Wildman–Crippen LogP) is 3.14. The third-order valence-electron chi connectivity index (χ3n) is 2.94. The minimum absolute atomic E-state index is 0.359. The van der Waals surface area contributed by atoms with E-state index in [1.807, 2.05) is 0 Å². The fourth-order valence-electron chi connectivity index (χ4n) is 1.95. The molecule has 0 aliphatic heterocycles. The van der Waals surface area contributed by atoms with Gasteiger partial charge in [-0.05, 0) is 37.5 Å². The Labute approximate surface area is 81.9 Å². The Hall–Kier alpha value is -0.300. The Kier molecular flexibility index (Phi) is 5.14. The van der Waals surface area contributed by atoms with Crippen LogP contribution in [0.2, 0.25) is 0 Å². The molecule has 0 heterocycles. The van der Waals surface area contributed by atoms with Crippen molar-refractivity contribution < 1.29 is 5.11 Å². The molecule has 1 rings (SSSR count). The number of rotatable bonds is 5. The molecule has 1 aliphatic carbocycles. The molecule has 2 atom stereocenters. The van der Waals surface area contributed by atoms with E-state index in [1.54, 1.807) is 0 Å². The van der Waals surface area contributed by atoms with Crippen LogP contribution in [0.15, 0.2) is 12.2 Å². The van der Waals surface area contributed by atoms with Crippen molar-refractivity contribution in [3.8, 4) is 0 Å². The van der Waals surface area contributed by atoms with Crippen LogP contribution >= 0.6 is 0 Å². The average Bonchev–Trinajstić information content (AvgIpc) is 2.15. The van der Waals surface area contributed by atoms with Crippen molar-refractivity contribution >= 4 is 0 Å². The quantitative estimate of drug-likeness (QED) is 0.511. The molecule has 1 nitrogen and oxygen atoms in total. The van der Waals surface area contributed by atoms with E-state index in [0.29, 0.717) is 6.61 Å². The van der Waals surface area contributed by atoms with Crippen molar-refractivity contribution in [2.24, 2.45) is 11.8 Å². The lowest BCUT2D eigenvalue weighted by atomic mass is 9.86. The molecular weight excluding hydrogens is 160 g/mol. The molecule has 0 aromatic carbocycles. The average molecular weight is 182 g/mol. The number of unbranched alkanes of at least 4 members (excludes halogenated alkanes) is 2. The Morgan fingerprint density at radius 1 is 1.15 bits per heavy atom. The molecule has 1 aliphatic rings. The summed E-state index contributed by atoms with van der Waals surface area (Å²) in [4.78, 5) is 0. The van der Waals surface area contributed by atoms with Crippen LogP contribution in [0.3, 0.4) is 0 Å². The van der Waals surface area contributed by atoms with Gasteiger partial charge in [0, 0.05) is 6.61 Å². The summed E-state index contributed by atoms with van der Waals surface area (Å²) in [6.07, 6.45) is 12.3. The predicted molar refractivity (Wildman–Crippen MR) is 56.6 cm³/mol. The lowest BCUT2D eigenvalue weighted by Gasteiger charge is -2.19. The second kappa shape index (κ2) is 6.20. The zero-order chi connectivity index (χ0) is 9.52. The molecule has 0 fully saturated rings. The van der Waals surface area contributed by atoms with E-state index in [4.69, 9.17) is 5.11 Å². The number of aliphatic hydroxyl groups is 1. The van der Waals surface area contributed by atoms with Crippen LogP contribution in [-0.4, -0.2) is 11.7 Å². The number of hydrogen-bond acceptors (Lipinski definition) is 1. The SMILES string of the molecule is CC1C=CC(CCCCCO)CC1. The van der Waals surface area contributed by atoms with Gasteiger partial charge in [-0.15, -0.1) is 0 Å². The van der Waals surface area contributed by atoms with Crippen molar-refractivity contribution in [1.82, 2.24) is 0 Å². The first-order valence-electron chi connectivity index (χ1n) is 5.62. The van der Waals surface area contributed by atoms with Crippen LogP contribution in [-0.2, 0) is 0 Å². The molecule has 1 N–H and O–H groups in total. The summed E-state index contributed by atoms with van der Waals surface area (Å²) in [5, 5.41) is 8.62. The van der Waals surface area contributed by atoms with E-state index < -0.39 is 0 Å². The van der Waals surface area contributed by atoms with Gasteiger partial charge < -0.3 is 5.11 Å². The molecule has 0 saturated carbocycles. The molecule has 76 valence electrons. The normalized spacial score (nSPS) is 27.8. The summed E-state index contributed by atoms with van der Waals surface area (Å²) in [5.41, 5.74) is 0. The van der Waals surface area contributed by atoms with E-state index >= 15 is 0 Å². The number of aliphatic hydroxyl groups excluding tert-OH is 1. The second-order valence-electron chi connectivity index (χ2n) is 4.27. The van der Waals surface area contributed by atoms with Gasteiger partial charge in [0.05, 0.1) is 0 Å². The summed E-state index contributed by atoms with van der Waals surface area (Å²) in [5.74, 6) is 1.63. The summed E-state index contributed by atoms with van der Waals surface area (Å²) < 4.78 is 0. The summed E-state index contributed by atoms with van der Waals surface area (Å²) in [6, 6.07) is 0. The van der Waals surface area contributed by atoms with E-state index in [0.717, 1.165) is 18.3 Å². The molecule has 13 heavy (non-hydrogen) atoms. The largest absolute Gasteiger partial charge is 0.396 e.